The number of rotatable bonds is 1. The molecule has 1 aliphatic rings. The Kier molecular flexibility index (Phi) is 2.59. The first kappa shape index (κ1) is 10.4. The maximum absolute atomic E-state index is 12.4. The monoisotopic (exact) mass is 227 g/mol. The molecular weight excluding hydrogens is 212 g/mol. The van der Waals surface area contributed by atoms with Crippen molar-refractivity contribution >= 4 is 16.8 Å². The molecule has 17 heavy (non-hydrogen) atoms. The number of carbonyl (C=O) groups excluding carboxylic acids is 1. The molecule has 3 heteroatoms. The van der Waals surface area contributed by atoms with Crippen LogP contribution >= 0.6 is 0 Å². The zero-order chi connectivity index (χ0) is 11.7. The van der Waals surface area contributed by atoms with Crippen LogP contribution in [0.25, 0.3) is 10.9 Å². The first-order valence-corrected chi connectivity index (χ1v) is 6.03. The fourth-order valence-electron chi connectivity index (χ4n) is 2.37. The normalized spacial score (nSPS) is 16.4. The van der Waals surface area contributed by atoms with Crippen molar-refractivity contribution in [3.8, 4) is 0 Å². The van der Waals surface area contributed by atoms with E-state index >= 15 is 0 Å². The lowest BCUT2D eigenvalue weighted by molar-refractivity contribution is 0.0752. The van der Waals surface area contributed by atoms with Crippen molar-refractivity contribution in [1.29, 1.82) is 0 Å². The van der Waals surface area contributed by atoms with Crippen LogP contribution in [0, 0.1) is 6.42 Å². The molecule has 1 fully saturated rings. The summed E-state index contributed by atoms with van der Waals surface area (Å²) >= 11 is 0. The number of aromatic nitrogens is 1. The van der Waals surface area contributed by atoms with Gasteiger partial charge in [-0.3, -0.25) is 4.79 Å². The zero-order valence-electron chi connectivity index (χ0n) is 9.65. The van der Waals surface area contributed by atoms with Crippen LogP contribution in [0.1, 0.15) is 23.2 Å². The van der Waals surface area contributed by atoms with E-state index in [0.717, 1.165) is 42.4 Å². The van der Waals surface area contributed by atoms with Crippen molar-refractivity contribution in [2.24, 2.45) is 0 Å². The summed E-state index contributed by atoms with van der Waals surface area (Å²) in [5.74, 6) is 0.137. The van der Waals surface area contributed by atoms with Gasteiger partial charge in [0.15, 0.2) is 0 Å². The highest BCUT2D eigenvalue weighted by molar-refractivity contribution is 6.06. The van der Waals surface area contributed by atoms with E-state index in [9.17, 15) is 4.79 Å². The molecule has 1 saturated heterocycles. The Hall–Kier alpha value is -1.77. The molecule has 1 aromatic carbocycles. The van der Waals surface area contributed by atoms with Gasteiger partial charge in [0.05, 0.1) is 5.56 Å². The van der Waals surface area contributed by atoms with E-state index < -0.39 is 0 Å². The standard InChI is InChI=1S/C14H15N2O/c17-14(16-8-4-1-5-9-16)12-10-15-13-7-3-2-6-11(12)13/h2-4,6-7,10,15H,1,5,8-9H2. The molecule has 0 saturated carbocycles. The maximum Gasteiger partial charge on any atom is 0.256 e. The van der Waals surface area contributed by atoms with Crippen LogP contribution in [-0.4, -0.2) is 28.9 Å². The smallest absolute Gasteiger partial charge is 0.256 e. The Morgan fingerprint density at radius 3 is 3.00 bits per heavy atom. The van der Waals surface area contributed by atoms with Crippen molar-refractivity contribution in [3.63, 3.8) is 0 Å². The number of fused-ring (bicyclic) bond motifs is 1. The SMILES string of the molecule is O=C(c1c[nH]c2ccccc12)N1C[CH]CCC1. The van der Waals surface area contributed by atoms with Crippen molar-refractivity contribution < 1.29 is 4.79 Å². The summed E-state index contributed by atoms with van der Waals surface area (Å²) in [6, 6.07) is 7.93. The lowest BCUT2D eigenvalue weighted by Gasteiger charge is -2.26. The second-order valence-electron chi connectivity index (χ2n) is 4.43. The highest BCUT2D eigenvalue weighted by Gasteiger charge is 2.20. The molecule has 1 aromatic heterocycles. The first-order valence-electron chi connectivity index (χ1n) is 6.03. The van der Waals surface area contributed by atoms with Gasteiger partial charge < -0.3 is 9.88 Å². The summed E-state index contributed by atoms with van der Waals surface area (Å²) < 4.78 is 0. The number of carbonyl (C=O) groups is 1. The van der Waals surface area contributed by atoms with Crippen LogP contribution in [0.15, 0.2) is 30.5 Å². The van der Waals surface area contributed by atoms with Gasteiger partial charge in [0.2, 0.25) is 0 Å². The van der Waals surface area contributed by atoms with Gasteiger partial charge in [0.1, 0.15) is 0 Å². The third kappa shape index (κ3) is 1.82. The van der Waals surface area contributed by atoms with Crippen molar-refractivity contribution in [2.45, 2.75) is 12.8 Å². The van der Waals surface area contributed by atoms with Crippen LogP contribution in [0.3, 0.4) is 0 Å². The fourth-order valence-corrected chi connectivity index (χ4v) is 2.37. The molecule has 87 valence electrons. The van der Waals surface area contributed by atoms with Gasteiger partial charge in [-0.25, -0.2) is 0 Å². The molecule has 0 spiro atoms. The number of para-hydroxylation sites is 1. The summed E-state index contributed by atoms with van der Waals surface area (Å²) in [5.41, 5.74) is 1.81. The van der Waals surface area contributed by atoms with E-state index in [1.165, 1.54) is 0 Å². The molecule has 1 aliphatic heterocycles. The minimum absolute atomic E-state index is 0.137. The molecule has 2 heterocycles. The highest BCUT2D eigenvalue weighted by Crippen LogP contribution is 2.20. The lowest BCUT2D eigenvalue weighted by atomic mass is 10.1. The van der Waals surface area contributed by atoms with E-state index in [4.69, 9.17) is 0 Å². The molecule has 0 bridgehead atoms. The molecule has 0 atom stereocenters. The van der Waals surface area contributed by atoms with E-state index in [1.807, 2.05) is 35.4 Å². The van der Waals surface area contributed by atoms with Gasteiger partial charge in [-0.2, -0.15) is 0 Å². The number of nitrogens with zero attached hydrogens (tertiary/aromatic N) is 1. The Labute approximate surface area is 100 Å². The van der Waals surface area contributed by atoms with Gasteiger partial charge in [-0.05, 0) is 25.3 Å². The number of aromatic amines is 1. The summed E-state index contributed by atoms with van der Waals surface area (Å²) in [6.45, 7) is 1.65. The van der Waals surface area contributed by atoms with Gasteiger partial charge in [-0.15, -0.1) is 0 Å². The molecule has 3 rings (SSSR count). The summed E-state index contributed by atoms with van der Waals surface area (Å²) in [5, 5.41) is 1.02. The van der Waals surface area contributed by atoms with Crippen molar-refractivity contribution in [2.75, 3.05) is 13.1 Å². The van der Waals surface area contributed by atoms with Gasteiger partial charge in [-0.1, -0.05) is 18.2 Å². The summed E-state index contributed by atoms with van der Waals surface area (Å²) in [6.07, 6.45) is 6.20. The summed E-state index contributed by atoms with van der Waals surface area (Å²) in [4.78, 5) is 17.4. The summed E-state index contributed by atoms with van der Waals surface area (Å²) in [7, 11) is 0. The first-order chi connectivity index (χ1) is 8.36. The number of amides is 1. The molecule has 3 nitrogen and oxygen atoms in total. The molecule has 1 N–H and O–H groups in total. The number of benzene rings is 1. The van der Waals surface area contributed by atoms with Crippen LogP contribution < -0.4 is 0 Å². The fraction of sp³-hybridized carbons (Fsp3) is 0.286. The number of piperidine rings is 1. The number of likely N-dealkylation sites (tertiary alicyclic amines) is 1. The van der Waals surface area contributed by atoms with Gasteiger partial charge in [0.25, 0.3) is 5.91 Å². The Balaban J connectivity index is 1.95. The number of nitrogens with one attached hydrogen (secondary N) is 1. The Morgan fingerprint density at radius 2 is 2.18 bits per heavy atom. The molecule has 1 amide bonds. The molecule has 0 aliphatic carbocycles. The number of H-pyrrole nitrogens is 1. The van der Waals surface area contributed by atoms with Crippen molar-refractivity contribution in [3.05, 3.63) is 42.4 Å². The van der Waals surface area contributed by atoms with E-state index in [2.05, 4.69) is 11.4 Å². The largest absolute Gasteiger partial charge is 0.360 e. The minimum Gasteiger partial charge on any atom is -0.360 e. The van der Waals surface area contributed by atoms with E-state index in [-0.39, 0.29) is 5.91 Å². The number of hydrogen-bond donors (Lipinski definition) is 1. The Bertz CT molecular complexity index is 538. The lowest BCUT2D eigenvalue weighted by Crippen LogP contribution is -2.35. The molecular formula is C14H15N2O. The minimum atomic E-state index is 0.137. The maximum atomic E-state index is 12.4. The zero-order valence-corrected chi connectivity index (χ0v) is 9.65. The van der Waals surface area contributed by atoms with Crippen LogP contribution in [0.5, 0.6) is 0 Å². The van der Waals surface area contributed by atoms with Crippen LogP contribution in [-0.2, 0) is 0 Å². The predicted octanol–water partition coefficient (Wildman–Crippen LogP) is 2.61. The number of hydrogen-bond acceptors (Lipinski definition) is 1. The van der Waals surface area contributed by atoms with E-state index in [1.54, 1.807) is 0 Å². The van der Waals surface area contributed by atoms with Crippen LogP contribution in [0.4, 0.5) is 0 Å². The van der Waals surface area contributed by atoms with Gasteiger partial charge >= 0.3 is 0 Å². The predicted molar refractivity (Wildman–Crippen MR) is 67.7 cm³/mol. The molecule has 1 radical (unpaired) electrons. The second kappa shape index (κ2) is 4.24. The quantitative estimate of drug-likeness (QED) is 0.798. The third-order valence-electron chi connectivity index (χ3n) is 3.29. The van der Waals surface area contributed by atoms with Crippen LogP contribution in [0.2, 0.25) is 0 Å². The van der Waals surface area contributed by atoms with Gasteiger partial charge in [0, 0.05) is 30.2 Å². The average molecular weight is 227 g/mol. The highest BCUT2D eigenvalue weighted by atomic mass is 16.2. The third-order valence-corrected chi connectivity index (χ3v) is 3.29. The average Bonchev–Trinajstić information content (AvgIpc) is 2.83. The molecule has 2 aromatic rings. The molecule has 0 unspecified atom stereocenters. The second-order valence-corrected chi connectivity index (χ2v) is 4.43. The van der Waals surface area contributed by atoms with Crippen molar-refractivity contribution in [1.82, 2.24) is 9.88 Å². The Morgan fingerprint density at radius 1 is 1.29 bits per heavy atom. The van der Waals surface area contributed by atoms with E-state index in [0.29, 0.717) is 0 Å². The topological polar surface area (TPSA) is 36.1 Å².